The average Bonchev–Trinajstić information content (AvgIpc) is 2.88. The Bertz CT molecular complexity index is 644. The van der Waals surface area contributed by atoms with Gasteiger partial charge in [-0.2, -0.15) is 0 Å². The number of benzene rings is 1. The number of rotatable bonds is 4. The highest BCUT2D eigenvalue weighted by Gasteiger charge is 2.07. The van der Waals surface area contributed by atoms with Gasteiger partial charge in [0.15, 0.2) is 0 Å². The van der Waals surface area contributed by atoms with Gasteiger partial charge in [-0.3, -0.25) is 0 Å². The molecule has 0 aliphatic carbocycles. The summed E-state index contributed by atoms with van der Waals surface area (Å²) in [5.41, 5.74) is 7.43. The maximum atomic E-state index is 5.42. The summed E-state index contributed by atoms with van der Waals surface area (Å²) in [4.78, 5) is 0. The van der Waals surface area contributed by atoms with E-state index in [0.29, 0.717) is 12.3 Å². The van der Waals surface area contributed by atoms with Crippen LogP contribution in [-0.4, -0.2) is 33.9 Å². The third-order valence-electron chi connectivity index (χ3n) is 2.58. The molecule has 1 aromatic heterocycles. The van der Waals surface area contributed by atoms with Crippen LogP contribution in [0.25, 0.3) is 0 Å². The number of aryl methyl sites for hydroxylation is 1. The molecule has 1 heterocycles. The Morgan fingerprint density at radius 3 is 2.95 bits per heavy atom. The molecule has 104 valence electrons. The number of ether oxygens (including phenoxy) is 1. The zero-order chi connectivity index (χ0) is 14.4. The van der Waals surface area contributed by atoms with Gasteiger partial charge in [0.25, 0.3) is 0 Å². The van der Waals surface area contributed by atoms with Gasteiger partial charge >= 0.3 is 0 Å². The van der Waals surface area contributed by atoms with Crippen molar-refractivity contribution in [2.24, 2.45) is 12.8 Å². The van der Waals surface area contributed by atoms with E-state index in [1.165, 1.54) is 0 Å². The third-order valence-corrected chi connectivity index (χ3v) is 3.63. The molecule has 1 aromatic carbocycles. The van der Waals surface area contributed by atoms with Crippen molar-refractivity contribution in [1.82, 2.24) is 20.2 Å². The topological polar surface area (TPSA) is 78.8 Å². The fourth-order valence-electron chi connectivity index (χ4n) is 1.57. The molecule has 2 aromatic rings. The van der Waals surface area contributed by atoms with Crippen molar-refractivity contribution in [3.05, 3.63) is 29.3 Å². The van der Waals surface area contributed by atoms with Crippen LogP contribution < -0.4 is 10.5 Å². The molecule has 2 N–H and O–H groups in total. The summed E-state index contributed by atoms with van der Waals surface area (Å²) >= 11 is 1.55. The van der Waals surface area contributed by atoms with Crippen molar-refractivity contribution < 1.29 is 4.74 Å². The SMILES string of the molecule is COc1ccc(C#CCN)c(CSc2nnnn2C)c1. The summed E-state index contributed by atoms with van der Waals surface area (Å²) in [5.74, 6) is 7.45. The van der Waals surface area contributed by atoms with Crippen molar-refractivity contribution >= 4 is 11.8 Å². The zero-order valence-corrected chi connectivity index (χ0v) is 12.1. The van der Waals surface area contributed by atoms with Gasteiger partial charge in [0, 0.05) is 18.4 Å². The van der Waals surface area contributed by atoms with E-state index in [2.05, 4.69) is 27.4 Å². The number of aromatic nitrogens is 4. The molecular weight excluding hydrogens is 274 g/mol. The Hall–Kier alpha value is -2.04. The van der Waals surface area contributed by atoms with E-state index in [0.717, 1.165) is 22.0 Å². The van der Waals surface area contributed by atoms with E-state index in [-0.39, 0.29) is 0 Å². The normalized spacial score (nSPS) is 9.95. The first-order chi connectivity index (χ1) is 9.74. The van der Waals surface area contributed by atoms with Crippen LogP contribution >= 0.6 is 11.8 Å². The summed E-state index contributed by atoms with van der Waals surface area (Å²) in [5, 5.41) is 12.1. The molecule has 2 rings (SSSR count). The summed E-state index contributed by atoms with van der Waals surface area (Å²) in [6.45, 7) is 0.339. The van der Waals surface area contributed by atoms with Crippen LogP contribution in [0.5, 0.6) is 5.75 Å². The maximum absolute atomic E-state index is 5.42. The Kier molecular flexibility index (Phi) is 4.98. The van der Waals surface area contributed by atoms with Crippen LogP contribution in [-0.2, 0) is 12.8 Å². The minimum atomic E-state index is 0.339. The molecule has 0 aliphatic heterocycles. The first-order valence-corrected chi connectivity index (χ1v) is 6.94. The van der Waals surface area contributed by atoms with Gasteiger partial charge in [-0.15, -0.1) is 5.10 Å². The van der Waals surface area contributed by atoms with Gasteiger partial charge in [0.2, 0.25) is 5.16 Å². The largest absolute Gasteiger partial charge is 0.497 e. The second kappa shape index (κ2) is 6.93. The van der Waals surface area contributed by atoms with Gasteiger partial charge in [-0.05, 0) is 34.2 Å². The predicted molar refractivity (Wildman–Crippen MR) is 77.3 cm³/mol. The molecule has 0 amide bonds. The number of thioether (sulfide) groups is 1. The molecular formula is C13H15N5OS. The Balaban J connectivity index is 2.21. The Morgan fingerprint density at radius 2 is 2.30 bits per heavy atom. The van der Waals surface area contributed by atoms with Crippen molar-refractivity contribution in [3.63, 3.8) is 0 Å². The highest BCUT2D eigenvalue weighted by atomic mass is 32.2. The minimum absolute atomic E-state index is 0.339. The highest BCUT2D eigenvalue weighted by Crippen LogP contribution is 2.24. The molecule has 0 atom stereocenters. The smallest absolute Gasteiger partial charge is 0.209 e. The zero-order valence-electron chi connectivity index (χ0n) is 11.3. The van der Waals surface area contributed by atoms with Gasteiger partial charge in [-0.25, -0.2) is 4.68 Å². The van der Waals surface area contributed by atoms with Crippen molar-refractivity contribution in [3.8, 4) is 17.6 Å². The molecule has 0 bridgehead atoms. The lowest BCUT2D eigenvalue weighted by molar-refractivity contribution is 0.414. The lowest BCUT2D eigenvalue weighted by atomic mass is 10.1. The summed E-state index contributed by atoms with van der Waals surface area (Å²) < 4.78 is 6.88. The fraction of sp³-hybridized carbons (Fsp3) is 0.308. The molecule has 0 saturated carbocycles. The van der Waals surface area contributed by atoms with Crippen LogP contribution in [0.2, 0.25) is 0 Å². The summed E-state index contributed by atoms with van der Waals surface area (Å²) in [6, 6.07) is 5.79. The number of hydrogen-bond acceptors (Lipinski definition) is 6. The van der Waals surface area contributed by atoms with Crippen molar-refractivity contribution in [2.75, 3.05) is 13.7 Å². The van der Waals surface area contributed by atoms with Gasteiger partial charge < -0.3 is 10.5 Å². The lowest BCUT2D eigenvalue weighted by Crippen LogP contribution is -1.96. The van der Waals surface area contributed by atoms with Gasteiger partial charge in [0.1, 0.15) is 5.75 Å². The second-order valence-corrected chi connectivity index (χ2v) is 4.85. The predicted octanol–water partition coefficient (Wildman–Crippen LogP) is 0.821. The first-order valence-electron chi connectivity index (χ1n) is 5.95. The number of nitrogens with zero attached hydrogens (tertiary/aromatic N) is 4. The molecule has 6 nitrogen and oxygen atoms in total. The van der Waals surface area contributed by atoms with Crippen LogP contribution in [0, 0.1) is 11.8 Å². The number of tetrazole rings is 1. The second-order valence-electron chi connectivity index (χ2n) is 3.90. The Morgan fingerprint density at radius 1 is 1.45 bits per heavy atom. The van der Waals surface area contributed by atoms with Gasteiger partial charge in [-0.1, -0.05) is 23.6 Å². The van der Waals surface area contributed by atoms with E-state index in [1.54, 1.807) is 23.6 Å². The lowest BCUT2D eigenvalue weighted by Gasteiger charge is -2.07. The molecule has 0 aliphatic rings. The molecule has 7 heteroatoms. The quantitative estimate of drug-likeness (QED) is 0.663. The standard InChI is InChI=1S/C13H15N5OS/c1-18-13(15-16-17-18)20-9-11-8-12(19-2)6-5-10(11)4-3-7-14/h5-6,8H,7,9,14H2,1-2H3. The van der Waals surface area contributed by atoms with Gasteiger partial charge in [0.05, 0.1) is 13.7 Å². The van der Waals surface area contributed by atoms with E-state index in [9.17, 15) is 0 Å². The van der Waals surface area contributed by atoms with Crippen LogP contribution in [0.15, 0.2) is 23.4 Å². The van der Waals surface area contributed by atoms with E-state index in [1.807, 2.05) is 25.2 Å². The molecule has 0 saturated heterocycles. The third kappa shape index (κ3) is 3.50. The van der Waals surface area contributed by atoms with Crippen LogP contribution in [0.4, 0.5) is 0 Å². The maximum Gasteiger partial charge on any atom is 0.209 e. The number of methoxy groups -OCH3 is 1. The molecule has 0 fully saturated rings. The fourth-order valence-corrected chi connectivity index (χ4v) is 2.41. The summed E-state index contributed by atoms with van der Waals surface area (Å²) in [7, 11) is 3.45. The van der Waals surface area contributed by atoms with Crippen molar-refractivity contribution in [2.45, 2.75) is 10.9 Å². The van der Waals surface area contributed by atoms with Crippen LogP contribution in [0.1, 0.15) is 11.1 Å². The first kappa shape index (κ1) is 14.4. The number of hydrogen-bond donors (Lipinski definition) is 1. The molecule has 20 heavy (non-hydrogen) atoms. The summed E-state index contributed by atoms with van der Waals surface area (Å²) in [6.07, 6.45) is 0. The van der Waals surface area contributed by atoms with Crippen LogP contribution in [0.3, 0.4) is 0 Å². The molecule has 0 radical (unpaired) electrons. The average molecular weight is 289 g/mol. The highest BCUT2D eigenvalue weighted by molar-refractivity contribution is 7.98. The Labute approximate surface area is 121 Å². The number of nitrogens with two attached hydrogens (primary N) is 1. The van der Waals surface area contributed by atoms with Crippen molar-refractivity contribution in [1.29, 1.82) is 0 Å². The monoisotopic (exact) mass is 289 g/mol. The van der Waals surface area contributed by atoms with E-state index >= 15 is 0 Å². The van der Waals surface area contributed by atoms with E-state index in [4.69, 9.17) is 10.5 Å². The van der Waals surface area contributed by atoms with E-state index < -0.39 is 0 Å². The minimum Gasteiger partial charge on any atom is -0.497 e. The molecule has 0 unspecified atom stereocenters. The molecule has 0 spiro atoms.